The van der Waals surface area contributed by atoms with Gasteiger partial charge in [-0.05, 0) is 12.0 Å². The first-order valence-electron chi connectivity index (χ1n) is 6.06. The minimum Gasteiger partial charge on any atom is -0.355 e. The molecule has 1 aromatic carbocycles. The molecule has 2 N–H and O–H groups in total. The van der Waals surface area contributed by atoms with Crippen molar-refractivity contribution < 1.29 is 4.79 Å². The SMILES string of the molecule is O=C1CCC(NCC=Cc2ccccc2)CN1. The smallest absolute Gasteiger partial charge is 0.220 e. The molecule has 0 saturated carbocycles. The summed E-state index contributed by atoms with van der Waals surface area (Å²) in [5.41, 5.74) is 1.21. The number of carbonyl (C=O) groups is 1. The monoisotopic (exact) mass is 230 g/mol. The first kappa shape index (κ1) is 11.9. The summed E-state index contributed by atoms with van der Waals surface area (Å²) in [6.07, 6.45) is 5.80. The molecule has 0 bridgehead atoms. The van der Waals surface area contributed by atoms with Gasteiger partial charge < -0.3 is 10.6 Å². The highest BCUT2D eigenvalue weighted by Crippen LogP contribution is 2.03. The summed E-state index contributed by atoms with van der Waals surface area (Å²) in [7, 11) is 0. The van der Waals surface area contributed by atoms with Crippen LogP contribution >= 0.6 is 0 Å². The van der Waals surface area contributed by atoms with Gasteiger partial charge in [0.05, 0.1) is 0 Å². The van der Waals surface area contributed by atoms with E-state index in [2.05, 4.69) is 34.9 Å². The van der Waals surface area contributed by atoms with Gasteiger partial charge in [-0.3, -0.25) is 4.79 Å². The largest absolute Gasteiger partial charge is 0.355 e. The fraction of sp³-hybridized carbons (Fsp3) is 0.357. The molecule has 1 aliphatic rings. The van der Waals surface area contributed by atoms with Crippen molar-refractivity contribution in [3.05, 3.63) is 42.0 Å². The molecule has 1 aromatic rings. The Hall–Kier alpha value is -1.61. The van der Waals surface area contributed by atoms with Crippen molar-refractivity contribution >= 4 is 12.0 Å². The molecular formula is C14H18N2O. The van der Waals surface area contributed by atoms with E-state index in [4.69, 9.17) is 0 Å². The minimum atomic E-state index is 0.169. The number of nitrogens with one attached hydrogen (secondary N) is 2. The fourth-order valence-corrected chi connectivity index (χ4v) is 1.90. The zero-order valence-electron chi connectivity index (χ0n) is 9.86. The first-order valence-corrected chi connectivity index (χ1v) is 6.06. The second kappa shape index (κ2) is 6.21. The normalized spacial score (nSPS) is 20.5. The van der Waals surface area contributed by atoms with Crippen molar-refractivity contribution in [2.45, 2.75) is 18.9 Å². The third kappa shape index (κ3) is 4.04. The number of carbonyl (C=O) groups excluding carboxylic acids is 1. The predicted octanol–water partition coefficient (Wildman–Crippen LogP) is 1.57. The van der Waals surface area contributed by atoms with Crippen LogP contribution < -0.4 is 10.6 Å². The molecule has 0 radical (unpaired) electrons. The molecule has 1 amide bonds. The van der Waals surface area contributed by atoms with E-state index in [1.807, 2.05) is 18.2 Å². The number of piperidine rings is 1. The lowest BCUT2D eigenvalue weighted by molar-refractivity contribution is -0.122. The van der Waals surface area contributed by atoms with Crippen LogP contribution in [-0.2, 0) is 4.79 Å². The lowest BCUT2D eigenvalue weighted by Gasteiger charge is -2.22. The third-order valence-electron chi connectivity index (χ3n) is 2.90. The van der Waals surface area contributed by atoms with Crippen LogP contribution in [-0.4, -0.2) is 25.0 Å². The predicted molar refractivity (Wildman–Crippen MR) is 69.5 cm³/mol. The molecule has 1 atom stereocenters. The van der Waals surface area contributed by atoms with Crippen LogP contribution in [0.3, 0.4) is 0 Å². The average Bonchev–Trinajstić information content (AvgIpc) is 2.38. The standard InChI is InChI=1S/C14H18N2O/c17-14-9-8-13(11-16-14)15-10-4-7-12-5-2-1-3-6-12/h1-7,13,15H,8-11H2,(H,16,17). The van der Waals surface area contributed by atoms with Gasteiger partial charge in [-0.25, -0.2) is 0 Å². The molecule has 1 saturated heterocycles. The summed E-state index contributed by atoms with van der Waals surface area (Å²) in [6, 6.07) is 10.6. The highest BCUT2D eigenvalue weighted by molar-refractivity contribution is 5.76. The minimum absolute atomic E-state index is 0.169. The highest BCUT2D eigenvalue weighted by Gasteiger charge is 2.16. The summed E-state index contributed by atoms with van der Waals surface area (Å²) < 4.78 is 0. The lowest BCUT2D eigenvalue weighted by Crippen LogP contribution is -2.45. The Bertz CT molecular complexity index is 376. The molecule has 3 heteroatoms. The molecule has 0 aromatic heterocycles. The second-order valence-corrected chi connectivity index (χ2v) is 4.26. The van der Waals surface area contributed by atoms with Gasteiger partial charge >= 0.3 is 0 Å². The van der Waals surface area contributed by atoms with Crippen LogP contribution in [0, 0.1) is 0 Å². The first-order chi connectivity index (χ1) is 8.34. The Kier molecular flexibility index (Phi) is 4.33. The van der Waals surface area contributed by atoms with Crippen LogP contribution in [0.15, 0.2) is 36.4 Å². The average molecular weight is 230 g/mol. The van der Waals surface area contributed by atoms with Crippen LogP contribution in [0.2, 0.25) is 0 Å². The number of amides is 1. The van der Waals surface area contributed by atoms with Crippen LogP contribution in [0.5, 0.6) is 0 Å². The Morgan fingerprint density at radius 1 is 1.35 bits per heavy atom. The van der Waals surface area contributed by atoms with Crippen molar-refractivity contribution in [2.75, 3.05) is 13.1 Å². The summed E-state index contributed by atoms with van der Waals surface area (Å²) in [4.78, 5) is 11.0. The molecular weight excluding hydrogens is 212 g/mol. The van der Waals surface area contributed by atoms with Gasteiger partial charge in [-0.15, -0.1) is 0 Å². The Labute approximate surface area is 102 Å². The molecule has 3 nitrogen and oxygen atoms in total. The van der Waals surface area contributed by atoms with Crippen molar-refractivity contribution in [3.8, 4) is 0 Å². The summed E-state index contributed by atoms with van der Waals surface area (Å²) in [6.45, 7) is 1.59. The topological polar surface area (TPSA) is 41.1 Å². The van der Waals surface area contributed by atoms with Crippen molar-refractivity contribution in [3.63, 3.8) is 0 Å². The zero-order valence-corrected chi connectivity index (χ0v) is 9.86. The quantitative estimate of drug-likeness (QED) is 0.824. The molecule has 0 aliphatic carbocycles. The van der Waals surface area contributed by atoms with Crippen molar-refractivity contribution in [2.24, 2.45) is 0 Å². The summed E-state index contributed by atoms with van der Waals surface area (Å²) in [5, 5.41) is 6.28. The molecule has 2 rings (SSSR count). The molecule has 1 fully saturated rings. The maximum atomic E-state index is 11.0. The van der Waals surface area contributed by atoms with Gasteiger partial charge in [0.25, 0.3) is 0 Å². The van der Waals surface area contributed by atoms with Gasteiger partial charge in [0.2, 0.25) is 5.91 Å². The molecule has 1 aliphatic heterocycles. The molecule has 90 valence electrons. The Morgan fingerprint density at radius 3 is 2.88 bits per heavy atom. The second-order valence-electron chi connectivity index (χ2n) is 4.26. The highest BCUT2D eigenvalue weighted by atomic mass is 16.1. The molecule has 1 heterocycles. The zero-order chi connectivity index (χ0) is 11.9. The number of rotatable bonds is 4. The summed E-state index contributed by atoms with van der Waals surface area (Å²) in [5.74, 6) is 0.169. The van der Waals surface area contributed by atoms with Crippen LogP contribution in [0.4, 0.5) is 0 Å². The van der Waals surface area contributed by atoms with E-state index in [0.717, 1.165) is 19.5 Å². The van der Waals surface area contributed by atoms with E-state index in [1.54, 1.807) is 0 Å². The van der Waals surface area contributed by atoms with E-state index in [1.165, 1.54) is 5.56 Å². The van der Waals surface area contributed by atoms with Gasteiger partial charge in [0.1, 0.15) is 0 Å². The van der Waals surface area contributed by atoms with Crippen molar-refractivity contribution in [1.82, 2.24) is 10.6 Å². The van der Waals surface area contributed by atoms with E-state index >= 15 is 0 Å². The number of hydrogen-bond acceptors (Lipinski definition) is 2. The lowest BCUT2D eigenvalue weighted by atomic mass is 10.1. The van der Waals surface area contributed by atoms with Crippen molar-refractivity contribution in [1.29, 1.82) is 0 Å². The molecule has 0 spiro atoms. The van der Waals surface area contributed by atoms with E-state index in [-0.39, 0.29) is 5.91 Å². The number of hydrogen-bond donors (Lipinski definition) is 2. The molecule has 17 heavy (non-hydrogen) atoms. The van der Waals surface area contributed by atoms with E-state index in [9.17, 15) is 4.79 Å². The Balaban J connectivity index is 1.69. The van der Waals surface area contributed by atoms with Gasteiger partial charge in [-0.1, -0.05) is 42.5 Å². The van der Waals surface area contributed by atoms with E-state index in [0.29, 0.717) is 12.5 Å². The van der Waals surface area contributed by atoms with E-state index < -0.39 is 0 Å². The molecule has 1 unspecified atom stereocenters. The van der Waals surface area contributed by atoms with Crippen LogP contribution in [0.1, 0.15) is 18.4 Å². The van der Waals surface area contributed by atoms with Crippen LogP contribution in [0.25, 0.3) is 6.08 Å². The van der Waals surface area contributed by atoms with Gasteiger partial charge in [-0.2, -0.15) is 0 Å². The number of benzene rings is 1. The van der Waals surface area contributed by atoms with Gasteiger partial charge in [0.15, 0.2) is 0 Å². The maximum Gasteiger partial charge on any atom is 0.220 e. The Morgan fingerprint density at radius 2 is 2.18 bits per heavy atom. The maximum absolute atomic E-state index is 11.0. The van der Waals surface area contributed by atoms with Gasteiger partial charge in [0, 0.05) is 25.6 Å². The third-order valence-corrected chi connectivity index (χ3v) is 2.90. The fourth-order valence-electron chi connectivity index (χ4n) is 1.90. The summed E-state index contributed by atoms with van der Waals surface area (Å²) >= 11 is 0.